The van der Waals surface area contributed by atoms with Crippen LogP contribution in [0.15, 0.2) is 23.1 Å². The molecule has 1 aromatic rings. The van der Waals surface area contributed by atoms with E-state index in [1.807, 2.05) is 0 Å². The summed E-state index contributed by atoms with van der Waals surface area (Å²) in [6, 6.07) is 1.87. The number of carbonyl (C=O) groups excluding carboxylic acids is 1. The largest absolute Gasteiger partial charge is 0.480 e. The molecule has 0 aliphatic rings. The number of hydrogen-bond donors (Lipinski definition) is 2. The lowest BCUT2D eigenvalue weighted by molar-refractivity contribution is -0.140. The Morgan fingerprint density at radius 2 is 2.22 bits per heavy atom. The highest BCUT2D eigenvalue weighted by Crippen LogP contribution is 2.07. The van der Waals surface area contributed by atoms with Crippen molar-refractivity contribution in [3.63, 3.8) is 0 Å². The van der Waals surface area contributed by atoms with E-state index in [1.54, 1.807) is 0 Å². The Morgan fingerprint density at radius 1 is 1.56 bits per heavy atom. The van der Waals surface area contributed by atoms with E-state index in [-0.39, 0.29) is 18.3 Å². The van der Waals surface area contributed by atoms with Crippen LogP contribution in [0.4, 0.5) is 0 Å². The van der Waals surface area contributed by atoms with Gasteiger partial charge in [-0.05, 0) is 19.1 Å². The summed E-state index contributed by atoms with van der Waals surface area (Å²) in [6.45, 7) is 1.09. The van der Waals surface area contributed by atoms with Gasteiger partial charge in [-0.1, -0.05) is 0 Å². The van der Waals surface area contributed by atoms with Gasteiger partial charge in [0, 0.05) is 13.2 Å². The maximum atomic E-state index is 11.9. The molecule has 1 unspecified atom stereocenters. The number of nitrogens with one attached hydrogen (secondary N) is 1. The van der Waals surface area contributed by atoms with Gasteiger partial charge >= 0.3 is 5.97 Å². The SMILES string of the molecule is CNC(=O)COc1cccn(C(C)C(=O)O)c1=O. The maximum absolute atomic E-state index is 11.9. The normalized spacial score (nSPS) is 11.7. The van der Waals surface area contributed by atoms with E-state index < -0.39 is 17.6 Å². The summed E-state index contributed by atoms with van der Waals surface area (Å²) in [6.07, 6.45) is 1.36. The lowest BCUT2D eigenvalue weighted by atomic mass is 10.3. The van der Waals surface area contributed by atoms with Crippen molar-refractivity contribution >= 4 is 11.9 Å². The topological polar surface area (TPSA) is 97.6 Å². The van der Waals surface area contributed by atoms with Gasteiger partial charge in [-0.3, -0.25) is 14.2 Å². The lowest BCUT2D eigenvalue weighted by Crippen LogP contribution is -2.30. The molecule has 7 nitrogen and oxygen atoms in total. The van der Waals surface area contributed by atoms with Crippen molar-refractivity contribution in [3.8, 4) is 5.75 Å². The Bertz CT molecular complexity index is 508. The third-order valence-electron chi connectivity index (χ3n) is 2.35. The van der Waals surface area contributed by atoms with Gasteiger partial charge in [0.1, 0.15) is 6.04 Å². The average Bonchev–Trinajstić information content (AvgIpc) is 2.36. The number of ether oxygens (including phenoxy) is 1. The first kappa shape index (κ1) is 13.8. The van der Waals surface area contributed by atoms with Gasteiger partial charge in [0.15, 0.2) is 12.4 Å². The van der Waals surface area contributed by atoms with Crippen molar-refractivity contribution in [2.45, 2.75) is 13.0 Å². The molecule has 0 aromatic carbocycles. The second kappa shape index (κ2) is 5.85. The first-order chi connectivity index (χ1) is 8.47. The minimum atomic E-state index is -1.12. The number of carboxylic acid groups (broad SMARTS) is 1. The van der Waals surface area contributed by atoms with Gasteiger partial charge in [-0.2, -0.15) is 0 Å². The van der Waals surface area contributed by atoms with Crippen molar-refractivity contribution in [1.82, 2.24) is 9.88 Å². The maximum Gasteiger partial charge on any atom is 0.326 e. The van der Waals surface area contributed by atoms with Gasteiger partial charge < -0.3 is 15.2 Å². The summed E-state index contributed by atoms with van der Waals surface area (Å²) >= 11 is 0. The number of carboxylic acids is 1. The third-order valence-corrected chi connectivity index (χ3v) is 2.35. The number of carbonyl (C=O) groups is 2. The molecule has 0 bridgehead atoms. The number of nitrogens with zero attached hydrogens (tertiary/aromatic N) is 1. The summed E-state index contributed by atoms with van der Waals surface area (Å²) in [4.78, 5) is 33.7. The molecule has 18 heavy (non-hydrogen) atoms. The Balaban J connectivity index is 2.95. The summed E-state index contributed by atoms with van der Waals surface area (Å²) < 4.78 is 6.05. The summed E-state index contributed by atoms with van der Waals surface area (Å²) in [5, 5.41) is 11.2. The Kier molecular flexibility index (Phi) is 4.47. The fraction of sp³-hybridized carbons (Fsp3) is 0.364. The van der Waals surface area contributed by atoms with Gasteiger partial charge in [-0.15, -0.1) is 0 Å². The zero-order chi connectivity index (χ0) is 13.7. The van der Waals surface area contributed by atoms with Crippen LogP contribution in [-0.2, 0) is 9.59 Å². The van der Waals surface area contributed by atoms with E-state index >= 15 is 0 Å². The third kappa shape index (κ3) is 3.09. The number of hydrogen-bond acceptors (Lipinski definition) is 4. The van der Waals surface area contributed by atoms with Crippen molar-refractivity contribution in [2.24, 2.45) is 0 Å². The Morgan fingerprint density at radius 3 is 2.78 bits per heavy atom. The molecule has 7 heteroatoms. The van der Waals surface area contributed by atoms with Crippen LogP contribution in [0.1, 0.15) is 13.0 Å². The number of likely N-dealkylation sites (N-methyl/N-ethyl adjacent to an activating group) is 1. The van der Waals surface area contributed by atoms with Crippen molar-refractivity contribution in [1.29, 1.82) is 0 Å². The average molecular weight is 254 g/mol. The molecular formula is C11H14N2O5. The second-order valence-corrected chi connectivity index (χ2v) is 3.56. The predicted molar refractivity (Wildman–Crippen MR) is 62.6 cm³/mol. The Hall–Kier alpha value is -2.31. The second-order valence-electron chi connectivity index (χ2n) is 3.56. The highest BCUT2D eigenvalue weighted by Gasteiger charge is 2.16. The van der Waals surface area contributed by atoms with Crippen molar-refractivity contribution < 1.29 is 19.4 Å². The summed E-state index contributed by atoms with van der Waals surface area (Å²) in [5.41, 5.74) is -0.587. The molecule has 0 aliphatic carbocycles. The monoisotopic (exact) mass is 254 g/mol. The summed E-state index contributed by atoms with van der Waals surface area (Å²) in [5.74, 6) is -1.56. The fourth-order valence-corrected chi connectivity index (χ4v) is 1.24. The van der Waals surface area contributed by atoms with E-state index in [4.69, 9.17) is 9.84 Å². The first-order valence-corrected chi connectivity index (χ1v) is 5.24. The minimum absolute atomic E-state index is 0.0609. The zero-order valence-corrected chi connectivity index (χ0v) is 10.0. The van der Waals surface area contributed by atoms with Gasteiger partial charge in [0.25, 0.3) is 11.5 Å². The van der Waals surface area contributed by atoms with E-state index in [1.165, 1.54) is 32.3 Å². The molecule has 0 spiro atoms. The van der Waals surface area contributed by atoms with Crippen LogP contribution < -0.4 is 15.6 Å². The van der Waals surface area contributed by atoms with E-state index in [0.29, 0.717) is 0 Å². The lowest BCUT2D eigenvalue weighted by Gasteiger charge is -2.12. The molecular weight excluding hydrogens is 240 g/mol. The molecule has 0 radical (unpaired) electrons. The molecule has 0 fully saturated rings. The molecule has 1 amide bonds. The molecule has 1 rings (SSSR count). The minimum Gasteiger partial charge on any atom is -0.480 e. The number of aromatic nitrogens is 1. The quantitative estimate of drug-likeness (QED) is 0.746. The molecule has 0 saturated carbocycles. The zero-order valence-electron chi connectivity index (χ0n) is 10.0. The fourth-order valence-electron chi connectivity index (χ4n) is 1.24. The van der Waals surface area contributed by atoms with Gasteiger partial charge in [-0.25, -0.2) is 4.79 Å². The van der Waals surface area contributed by atoms with Crippen LogP contribution in [0, 0.1) is 0 Å². The Labute approximate surface area is 103 Å². The van der Waals surface area contributed by atoms with Crippen LogP contribution in [-0.4, -0.2) is 35.2 Å². The van der Waals surface area contributed by atoms with Gasteiger partial charge in [0.2, 0.25) is 0 Å². The van der Waals surface area contributed by atoms with E-state index in [2.05, 4.69) is 5.32 Å². The highest BCUT2D eigenvalue weighted by molar-refractivity contribution is 5.77. The molecule has 2 N–H and O–H groups in total. The van der Waals surface area contributed by atoms with E-state index in [9.17, 15) is 14.4 Å². The molecule has 1 atom stereocenters. The molecule has 0 saturated heterocycles. The molecule has 98 valence electrons. The predicted octanol–water partition coefficient (Wildman–Crippen LogP) is -0.381. The van der Waals surface area contributed by atoms with Crippen LogP contribution in [0.5, 0.6) is 5.75 Å². The molecule has 0 aliphatic heterocycles. The van der Waals surface area contributed by atoms with Crippen molar-refractivity contribution in [2.75, 3.05) is 13.7 Å². The molecule has 1 heterocycles. The smallest absolute Gasteiger partial charge is 0.326 e. The highest BCUT2D eigenvalue weighted by atomic mass is 16.5. The van der Waals surface area contributed by atoms with Crippen molar-refractivity contribution in [3.05, 3.63) is 28.7 Å². The standard InChI is InChI=1S/C11H14N2O5/c1-7(11(16)17)13-5-3-4-8(10(13)15)18-6-9(14)12-2/h3-5,7H,6H2,1-2H3,(H,12,14)(H,16,17). The van der Waals surface area contributed by atoms with Gasteiger partial charge in [0.05, 0.1) is 0 Å². The number of aliphatic carboxylic acids is 1. The summed E-state index contributed by atoms with van der Waals surface area (Å²) in [7, 11) is 1.45. The van der Waals surface area contributed by atoms with Crippen LogP contribution >= 0.6 is 0 Å². The van der Waals surface area contributed by atoms with Crippen LogP contribution in [0.2, 0.25) is 0 Å². The van der Waals surface area contributed by atoms with Crippen LogP contribution in [0.25, 0.3) is 0 Å². The van der Waals surface area contributed by atoms with E-state index in [0.717, 1.165) is 4.57 Å². The number of pyridine rings is 1. The first-order valence-electron chi connectivity index (χ1n) is 5.24. The number of rotatable bonds is 5. The molecule has 1 aromatic heterocycles. The van der Waals surface area contributed by atoms with Crippen LogP contribution in [0.3, 0.4) is 0 Å². The number of amides is 1.